The number of ether oxygens (including phenoxy) is 2. The Kier molecular flexibility index (Phi) is 6.36. The monoisotopic (exact) mass is 370 g/mol. The first-order chi connectivity index (χ1) is 12.8. The van der Waals surface area contributed by atoms with Crippen molar-refractivity contribution < 1.29 is 18.3 Å². The second-order valence-corrected chi connectivity index (χ2v) is 6.95. The van der Waals surface area contributed by atoms with E-state index in [0.717, 1.165) is 12.0 Å². The second-order valence-electron chi connectivity index (χ2n) is 6.95. The van der Waals surface area contributed by atoms with Gasteiger partial charge in [-0.2, -0.15) is 19.3 Å². The van der Waals surface area contributed by atoms with Gasteiger partial charge in [-0.05, 0) is 35.5 Å². The largest absolute Gasteiger partial charge is 0.493 e. The number of benzene rings is 1. The molecule has 0 spiro atoms. The van der Waals surface area contributed by atoms with Crippen LogP contribution in [0.2, 0.25) is 0 Å². The van der Waals surface area contributed by atoms with Gasteiger partial charge >= 0.3 is 6.61 Å². The van der Waals surface area contributed by atoms with E-state index in [-0.39, 0.29) is 22.5 Å². The molecule has 2 rings (SSSR count). The van der Waals surface area contributed by atoms with Crippen molar-refractivity contribution in [1.29, 1.82) is 10.5 Å². The molecule has 0 heterocycles. The van der Waals surface area contributed by atoms with Gasteiger partial charge in [0, 0.05) is 5.56 Å². The van der Waals surface area contributed by atoms with Crippen molar-refractivity contribution in [2.24, 2.45) is 5.41 Å². The molecule has 0 fully saturated rings. The maximum atomic E-state index is 12.8. The van der Waals surface area contributed by atoms with Gasteiger partial charge in [-0.1, -0.05) is 44.2 Å². The molecule has 0 unspecified atom stereocenters. The van der Waals surface area contributed by atoms with Crippen molar-refractivity contribution in [2.75, 3.05) is 7.11 Å². The predicted octanol–water partition coefficient (Wildman–Crippen LogP) is 5.40. The molecule has 0 saturated carbocycles. The van der Waals surface area contributed by atoms with Crippen LogP contribution in [0.3, 0.4) is 0 Å². The van der Waals surface area contributed by atoms with Crippen molar-refractivity contribution in [3.63, 3.8) is 0 Å². The highest BCUT2D eigenvalue weighted by Gasteiger charge is 2.26. The maximum Gasteiger partial charge on any atom is 0.387 e. The first kappa shape index (κ1) is 20.2. The molecule has 0 amide bonds. The molecule has 1 aromatic carbocycles. The van der Waals surface area contributed by atoms with E-state index in [4.69, 9.17) is 15.3 Å². The van der Waals surface area contributed by atoms with E-state index >= 15 is 0 Å². The third-order valence-corrected chi connectivity index (χ3v) is 4.17. The average molecular weight is 370 g/mol. The number of methoxy groups -OCH3 is 1. The van der Waals surface area contributed by atoms with Gasteiger partial charge in [0.25, 0.3) is 0 Å². The smallest absolute Gasteiger partial charge is 0.387 e. The van der Waals surface area contributed by atoms with Crippen molar-refractivity contribution in [1.82, 2.24) is 0 Å². The van der Waals surface area contributed by atoms with Crippen LogP contribution in [0.5, 0.6) is 11.5 Å². The lowest BCUT2D eigenvalue weighted by Gasteiger charge is -2.30. The van der Waals surface area contributed by atoms with Crippen LogP contribution in [0.4, 0.5) is 8.78 Å². The molecule has 0 aliphatic heterocycles. The number of hydrogen-bond acceptors (Lipinski definition) is 4. The van der Waals surface area contributed by atoms with Crippen LogP contribution in [-0.2, 0) is 0 Å². The number of halogens is 2. The van der Waals surface area contributed by atoms with E-state index in [1.807, 2.05) is 18.2 Å². The SMILES string of the molecule is COc1cccc(/C=C/C2=CC(=C(C#N)C#N)CC(C)(C)C2)c1OC(F)F. The highest BCUT2D eigenvalue weighted by Crippen LogP contribution is 2.40. The fraction of sp³-hybridized carbons (Fsp3) is 0.333. The second kappa shape index (κ2) is 8.51. The summed E-state index contributed by atoms with van der Waals surface area (Å²) in [5, 5.41) is 18.3. The summed E-state index contributed by atoms with van der Waals surface area (Å²) in [6, 6.07) is 8.74. The maximum absolute atomic E-state index is 12.8. The number of hydrogen-bond donors (Lipinski definition) is 0. The van der Waals surface area contributed by atoms with E-state index in [9.17, 15) is 8.78 Å². The molecule has 27 heavy (non-hydrogen) atoms. The number of nitrogens with zero attached hydrogens (tertiary/aromatic N) is 2. The number of nitriles is 2. The molecule has 0 N–H and O–H groups in total. The number of rotatable bonds is 5. The Bertz CT molecular complexity index is 868. The summed E-state index contributed by atoms with van der Waals surface area (Å²) in [5.74, 6) is 0.180. The molecule has 0 aromatic heterocycles. The van der Waals surface area contributed by atoms with Crippen LogP contribution < -0.4 is 9.47 Å². The lowest BCUT2D eigenvalue weighted by atomic mass is 9.74. The molecule has 0 saturated heterocycles. The van der Waals surface area contributed by atoms with Crippen LogP contribution in [0.15, 0.2) is 47.1 Å². The summed E-state index contributed by atoms with van der Waals surface area (Å²) < 4.78 is 35.2. The molecule has 6 heteroatoms. The van der Waals surface area contributed by atoms with Crippen molar-refractivity contribution in [3.05, 3.63) is 52.6 Å². The summed E-state index contributed by atoms with van der Waals surface area (Å²) in [7, 11) is 1.38. The summed E-state index contributed by atoms with van der Waals surface area (Å²) in [5.41, 5.74) is 2.00. The van der Waals surface area contributed by atoms with E-state index in [1.54, 1.807) is 30.4 Å². The summed E-state index contributed by atoms with van der Waals surface area (Å²) in [4.78, 5) is 0. The van der Waals surface area contributed by atoms with Crippen molar-refractivity contribution >= 4 is 6.08 Å². The lowest BCUT2D eigenvalue weighted by molar-refractivity contribution is -0.0513. The zero-order valence-electron chi connectivity index (χ0n) is 15.4. The van der Waals surface area contributed by atoms with Gasteiger partial charge in [-0.15, -0.1) is 0 Å². The highest BCUT2D eigenvalue weighted by atomic mass is 19.3. The van der Waals surface area contributed by atoms with Gasteiger partial charge in [0.05, 0.1) is 7.11 Å². The molecule has 0 atom stereocenters. The Morgan fingerprint density at radius 2 is 1.89 bits per heavy atom. The first-order valence-electron chi connectivity index (χ1n) is 8.33. The van der Waals surface area contributed by atoms with Gasteiger partial charge in [0.15, 0.2) is 11.5 Å². The van der Waals surface area contributed by atoms with Crippen LogP contribution in [0, 0.1) is 28.1 Å². The standard InChI is InChI=1S/C21H20F2N2O2/c1-21(2)10-14(9-16(11-21)17(12-24)13-25)7-8-15-5-4-6-18(26-3)19(15)27-20(22)23/h4-9,20H,10-11H2,1-3H3/b8-7+. The fourth-order valence-corrected chi connectivity index (χ4v) is 3.13. The van der Waals surface area contributed by atoms with Crippen molar-refractivity contribution in [3.8, 4) is 23.6 Å². The molecule has 0 bridgehead atoms. The minimum atomic E-state index is -2.97. The topological polar surface area (TPSA) is 66.0 Å². The minimum absolute atomic E-state index is 0.0348. The van der Waals surface area contributed by atoms with Gasteiger partial charge in [-0.25, -0.2) is 0 Å². The Balaban J connectivity index is 2.44. The fourth-order valence-electron chi connectivity index (χ4n) is 3.13. The van der Waals surface area contributed by atoms with E-state index in [1.165, 1.54) is 7.11 Å². The minimum Gasteiger partial charge on any atom is -0.493 e. The third-order valence-electron chi connectivity index (χ3n) is 4.17. The Morgan fingerprint density at radius 1 is 1.19 bits per heavy atom. The normalized spacial score (nSPS) is 15.9. The summed E-state index contributed by atoms with van der Waals surface area (Å²) in [6.07, 6.45) is 6.63. The molecule has 1 aliphatic rings. The number of alkyl halides is 2. The van der Waals surface area contributed by atoms with E-state index in [0.29, 0.717) is 17.6 Å². The van der Waals surface area contributed by atoms with Crippen LogP contribution in [0.25, 0.3) is 6.08 Å². The van der Waals surface area contributed by atoms with E-state index < -0.39 is 6.61 Å². The molecule has 140 valence electrons. The summed E-state index contributed by atoms with van der Waals surface area (Å²) >= 11 is 0. The van der Waals surface area contributed by atoms with E-state index in [2.05, 4.69) is 18.6 Å². The first-order valence-corrected chi connectivity index (χ1v) is 8.33. The zero-order chi connectivity index (χ0) is 20.0. The quantitative estimate of drug-likeness (QED) is 0.651. The Hall–Kier alpha value is -3.12. The summed E-state index contributed by atoms with van der Waals surface area (Å²) in [6.45, 7) is 1.14. The molecular weight excluding hydrogens is 350 g/mol. The average Bonchev–Trinajstić information content (AvgIpc) is 2.60. The van der Waals surface area contributed by atoms with Gasteiger partial charge in [-0.3, -0.25) is 0 Å². The molecule has 4 nitrogen and oxygen atoms in total. The number of allylic oxidation sites excluding steroid dienone is 5. The predicted molar refractivity (Wildman–Crippen MR) is 98.0 cm³/mol. The molecular formula is C21H20F2N2O2. The Morgan fingerprint density at radius 3 is 2.48 bits per heavy atom. The molecule has 1 aliphatic carbocycles. The molecule has 0 radical (unpaired) electrons. The zero-order valence-corrected chi connectivity index (χ0v) is 15.4. The lowest BCUT2D eigenvalue weighted by Crippen LogP contribution is -2.17. The highest BCUT2D eigenvalue weighted by molar-refractivity contribution is 5.64. The van der Waals surface area contributed by atoms with Crippen LogP contribution in [-0.4, -0.2) is 13.7 Å². The van der Waals surface area contributed by atoms with Gasteiger partial charge < -0.3 is 9.47 Å². The van der Waals surface area contributed by atoms with Gasteiger partial charge in [0.1, 0.15) is 17.7 Å². The van der Waals surface area contributed by atoms with Gasteiger partial charge in [0.2, 0.25) is 0 Å². The number of para-hydroxylation sites is 1. The van der Waals surface area contributed by atoms with Crippen molar-refractivity contribution in [2.45, 2.75) is 33.3 Å². The Labute approximate surface area is 157 Å². The molecule has 1 aromatic rings. The van der Waals surface area contributed by atoms with Crippen LogP contribution >= 0.6 is 0 Å². The third kappa shape index (κ3) is 5.18. The van der Waals surface area contributed by atoms with Crippen LogP contribution in [0.1, 0.15) is 32.3 Å².